The molecule has 1 aromatic carbocycles. The largest absolute Gasteiger partial charge is 0.320 e. The predicted molar refractivity (Wildman–Crippen MR) is 141 cm³/mol. The number of ketones is 2. The van der Waals surface area contributed by atoms with E-state index in [0.29, 0.717) is 24.8 Å². The Labute approximate surface area is 208 Å². The van der Waals surface area contributed by atoms with E-state index < -0.39 is 0 Å². The lowest BCUT2D eigenvalue weighted by Crippen LogP contribution is -2.21. The molecule has 1 aliphatic rings. The number of carbonyl (C=O) groups excluding carboxylic acids is 2. The molecule has 0 radical (unpaired) electrons. The Morgan fingerprint density at radius 2 is 1.79 bits per heavy atom. The zero-order valence-electron chi connectivity index (χ0n) is 20.0. The number of fused-ring (bicyclic) bond motifs is 1. The van der Waals surface area contributed by atoms with Crippen molar-refractivity contribution in [2.75, 3.05) is 0 Å². The first kappa shape index (κ1) is 23.2. The van der Waals surface area contributed by atoms with E-state index >= 15 is 0 Å². The van der Waals surface area contributed by atoms with Gasteiger partial charge in [-0.05, 0) is 81.5 Å². The molecule has 4 nitrogen and oxygen atoms in total. The van der Waals surface area contributed by atoms with Crippen LogP contribution < -0.4 is 0 Å². The molecule has 0 unspecified atom stereocenters. The topological polar surface area (TPSA) is 52.0 Å². The van der Waals surface area contributed by atoms with Crippen molar-refractivity contribution in [3.63, 3.8) is 0 Å². The molecule has 0 bridgehead atoms. The lowest BCUT2D eigenvalue weighted by Gasteiger charge is -2.31. The van der Waals surface area contributed by atoms with Gasteiger partial charge in [-0.25, -0.2) is 4.98 Å². The molecular formula is C28H30N2O2S2. The van der Waals surface area contributed by atoms with Crippen LogP contribution in [0.25, 0.3) is 21.7 Å². The number of aryl methyl sites for hydroxylation is 2. The molecule has 6 heteroatoms. The van der Waals surface area contributed by atoms with E-state index in [2.05, 4.69) is 36.6 Å². The minimum absolute atomic E-state index is 0.144. The molecule has 3 aromatic heterocycles. The van der Waals surface area contributed by atoms with Gasteiger partial charge in [-0.3, -0.25) is 9.59 Å². The summed E-state index contributed by atoms with van der Waals surface area (Å²) in [5.74, 6) is 1.78. The van der Waals surface area contributed by atoms with E-state index in [0.717, 1.165) is 57.9 Å². The third-order valence-electron chi connectivity index (χ3n) is 6.90. The Bertz CT molecular complexity index is 1360. The molecule has 0 amide bonds. The van der Waals surface area contributed by atoms with E-state index in [1.807, 2.05) is 31.2 Å². The van der Waals surface area contributed by atoms with Gasteiger partial charge in [-0.2, -0.15) is 0 Å². The van der Waals surface area contributed by atoms with Gasteiger partial charge >= 0.3 is 0 Å². The second-order valence-corrected chi connectivity index (χ2v) is 12.0. The monoisotopic (exact) mass is 490 g/mol. The quantitative estimate of drug-likeness (QED) is 0.246. The first-order valence-electron chi connectivity index (χ1n) is 12.1. The Morgan fingerprint density at radius 1 is 1.00 bits per heavy atom. The van der Waals surface area contributed by atoms with Gasteiger partial charge in [0.25, 0.3) is 0 Å². The van der Waals surface area contributed by atoms with E-state index in [-0.39, 0.29) is 11.6 Å². The van der Waals surface area contributed by atoms with Gasteiger partial charge in [0.15, 0.2) is 17.4 Å². The summed E-state index contributed by atoms with van der Waals surface area (Å²) in [5, 5.41) is 0. The number of carbonyl (C=O) groups is 2. The number of thiophene rings is 2. The van der Waals surface area contributed by atoms with Gasteiger partial charge in [0.1, 0.15) is 0 Å². The Balaban J connectivity index is 1.49. The van der Waals surface area contributed by atoms with Crippen molar-refractivity contribution in [3.05, 3.63) is 62.7 Å². The van der Waals surface area contributed by atoms with Crippen LogP contribution in [0.2, 0.25) is 0 Å². The van der Waals surface area contributed by atoms with Crippen LogP contribution in [0.4, 0.5) is 0 Å². The van der Waals surface area contributed by atoms with E-state index in [4.69, 9.17) is 4.98 Å². The van der Waals surface area contributed by atoms with Gasteiger partial charge in [0, 0.05) is 34.2 Å². The summed E-state index contributed by atoms with van der Waals surface area (Å²) in [4.78, 5) is 34.8. The number of hydrogen-bond donors (Lipinski definition) is 0. The van der Waals surface area contributed by atoms with Crippen LogP contribution in [-0.4, -0.2) is 21.1 Å². The molecular weight excluding hydrogens is 460 g/mol. The molecule has 4 aromatic rings. The fourth-order valence-electron chi connectivity index (χ4n) is 5.20. The molecule has 0 saturated heterocycles. The van der Waals surface area contributed by atoms with E-state index in [1.165, 1.54) is 9.75 Å². The van der Waals surface area contributed by atoms with Crippen molar-refractivity contribution < 1.29 is 9.59 Å². The standard InChI is InChI=1S/C28H30N2O2S2/c1-4-24(31)20-10-11-23-22(16-20)29-28(27-13-9-18(3)34-27)30(23)21-7-5-6-19(14-21)15-25(32)26-12-8-17(2)33-26/h8-13,16,19,21H,4-7,14-15H2,1-3H3/t19-,21+/m1/s1. The summed E-state index contributed by atoms with van der Waals surface area (Å²) in [6, 6.07) is 14.6. The summed E-state index contributed by atoms with van der Waals surface area (Å²) >= 11 is 3.36. The van der Waals surface area contributed by atoms with Crippen molar-refractivity contribution in [2.45, 2.75) is 65.3 Å². The van der Waals surface area contributed by atoms with Crippen LogP contribution in [-0.2, 0) is 0 Å². The molecule has 34 heavy (non-hydrogen) atoms. The number of imidazole rings is 1. The molecule has 0 N–H and O–H groups in total. The van der Waals surface area contributed by atoms with Crippen LogP contribution in [0.3, 0.4) is 0 Å². The average molecular weight is 491 g/mol. The van der Waals surface area contributed by atoms with Crippen molar-refractivity contribution in [1.82, 2.24) is 9.55 Å². The second-order valence-electron chi connectivity index (χ2n) is 9.42. The van der Waals surface area contributed by atoms with Crippen molar-refractivity contribution in [3.8, 4) is 10.7 Å². The maximum Gasteiger partial charge on any atom is 0.173 e. The fraction of sp³-hybridized carbons (Fsp3) is 0.393. The lowest BCUT2D eigenvalue weighted by atomic mass is 9.82. The van der Waals surface area contributed by atoms with Crippen molar-refractivity contribution in [1.29, 1.82) is 0 Å². The third-order valence-corrected chi connectivity index (χ3v) is 8.94. The van der Waals surface area contributed by atoms with Crippen LogP contribution >= 0.6 is 22.7 Å². The lowest BCUT2D eigenvalue weighted by molar-refractivity contribution is 0.0944. The van der Waals surface area contributed by atoms with Gasteiger partial charge in [-0.1, -0.05) is 13.3 Å². The first-order valence-corrected chi connectivity index (χ1v) is 13.8. The Kier molecular flexibility index (Phi) is 6.54. The summed E-state index contributed by atoms with van der Waals surface area (Å²) in [7, 11) is 0. The molecule has 1 aliphatic carbocycles. The third kappa shape index (κ3) is 4.53. The highest BCUT2D eigenvalue weighted by Gasteiger charge is 2.29. The summed E-state index contributed by atoms with van der Waals surface area (Å²) in [5.41, 5.74) is 2.69. The minimum atomic E-state index is 0.144. The molecule has 1 saturated carbocycles. The summed E-state index contributed by atoms with van der Waals surface area (Å²) in [6.07, 6.45) is 5.38. The molecule has 0 spiro atoms. The SMILES string of the molecule is CCC(=O)c1ccc2c(c1)nc(-c1ccc(C)s1)n2[C@H]1CCC[C@@H](CC(=O)c2ccc(C)s2)C1. The normalized spacial score (nSPS) is 18.4. The van der Waals surface area contributed by atoms with Gasteiger partial charge in [0.05, 0.1) is 20.8 Å². The average Bonchev–Trinajstić information content (AvgIpc) is 3.56. The maximum atomic E-state index is 12.9. The Hall–Kier alpha value is -2.57. The predicted octanol–water partition coefficient (Wildman–Crippen LogP) is 8.04. The van der Waals surface area contributed by atoms with E-state index in [1.54, 1.807) is 22.7 Å². The van der Waals surface area contributed by atoms with Gasteiger partial charge < -0.3 is 4.57 Å². The molecule has 1 fully saturated rings. The smallest absolute Gasteiger partial charge is 0.173 e. The zero-order valence-corrected chi connectivity index (χ0v) is 21.6. The number of aromatic nitrogens is 2. The number of rotatable bonds is 7. The number of benzene rings is 1. The molecule has 3 heterocycles. The second kappa shape index (κ2) is 9.59. The van der Waals surface area contributed by atoms with Crippen molar-refractivity contribution in [2.24, 2.45) is 5.92 Å². The van der Waals surface area contributed by atoms with Crippen LogP contribution in [0, 0.1) is 19.8 Å². The maximum absolute atomic E-state index is 12.9. The van der Waals surface area contributed by atoms with Crippen LogP contribution in [0.1, 0.15) is 81.3 Å². The van der Waals surface area contributed by atoms with Crippen LogP contribution in [0.5, 0.6) is 0 Å². The highest BCUT2D eigenvalue weighted by Crippen LogP contribution is 2.41. The van der Waals surface area contributed by atoms with Gasteiger partial charge in [-0.15, -0.1) is 22.7 Å². The number of hydrogen-bond acceptors (Lipinski definition) is 5. The van der Waals surface area contributed by atoms with Crippen molar-refractivity contribution >= 4 is 45.3 Å². The van der Waals surface area contributed by atoms with Crippen LogP contribution in [0.15, 0.2) is 42.5 Å². The molecule has 2 atom stereocenters. The Morgan fingerprint density at radius 3 is 2.50 bits per heavy atom. The number of nitrogens with zero attached hydrogens (tertiary/aromatic N) is 2. The molecule has 5 rings (SSSR count). The molecule has 0 aliphatic heterocycles. The minimum Gasteiger partial charge on any atom is -0.320 e. The summed E-state index contributed by atoms with van der Waals surface area (Å²) < 4.78 is 2.40. The zero-order chi connectivity index (χ0) is 23.8. The number of Topliss-reactive ketones (excluding diaryl/α,β-unsaturated/α-hetero) is 2. The summed E-state index contributed by atoms with van der Waals surface area (Å²) in [6.45, 7) is 6.06. The highest BCUT2D eigenvalue weighted by atomic mass is 32.1. The van der Waals surface area contributed by atoms with E-state index in [9.17, 15) is 9.59 Å². The van der Waals surface area contributed by atoms with Gasteiger partial charge in [0.2, 0.25) is 0 Å². The first-order chi connectivity index (χ1) is 16.4. The fourth-order valence-corrected chi connectivity index (χ4v) is 6.87. The molecule has 176 valence electrons. The highest BCUT2D eigenvalue weighted by molar-refractivity contribution is 7.15.